The molecule has 0 unspecified atom stereocenters. The van der Waals surface area contributed by atoms with E-state index in [9.17, 15) is 14.9 Å². The van der Waals surface area contributed by atoms with E-state index in [0.29, 0.717) is 10.7 Å². The molecular formula is C14H11N7O3S. The van der Waals surface area contributed by atoms with E-state index in [4.69, 9.17) is 0 Å². The highest BCUT2D eigenvalue weighted by molar-refractivity contribution is 7.13. The summed E-state index contributed by atoms with van der Waals surface area (Å²) in [6.45, 7) is 0. The Bertz CT molecular complexity index is 887. The largest absolute Gasteiger partial charge is 0.355 e. The van der Waals surface area contributed by atoms with Crippen LogP contribution in [0.3, 0.4) is 0 Å². The lowest BCUT2D eigenvalue weighted by Crippen LogP contribution is -2.30. The zero-order valence-electron chi connectivity index (χ0n) is 12.5. The van der Waals surface area contributed by atoms with Gasteiger partial charge in [-0.2, -0.15) is 0 Å². The lowest BCUT2D eigenvalue weighted by Gasteiger charge is -2.10. The number of nitrogens with zero attached hydrogens (tertiary/aromatic N) is 4. The van der Waals surface area contributed by atoms with Gasteiger partial charge in [0.2, 0.25) is 11.6 Å². The van der Waals surface area contributed by atoms with Crippen molar-refractivity contribution >= 4 is 39.7 Å². The van der Waals surface area contributed by atoms with Crippen LogP contribution in [0, 0.1) is 10.1 Å². The summed E-state index contributed by atoms with van der Waals surface area (Å²) in [4.78, 5) is 34.5. The van der Waals surface area contributed by atoms with Crippen molar-refractivity contribution in [3.05, 3.63) is 63.9 Å². The molecule has 0 aliphatic carbocycles. The van der Waals surface area contributed by atoms with E-state index in [1.165, 1.54) is 11.3 Å². The van der Waals surface area contributed by atoms with Crippen molar-refractivity contribution in [2.75, 3.05) is 10.7 Å². The molecule has 0 saturated heterocycles. The summed E-state index contributed by atoms with van der Waals surface area (Å²) < 4.78 is 0. The molecule has 0 saturated carbocycles. The van der Waals surface area contributed by atoms with Crippen LogP contribution in [-0.2, 0) is 0 Å². The maximum absolute atomic E-state index is 12.0. The minimum atomic E-state index is -0.646. The Balaban J connectivity index is 1.81. The Kier molecular flexibility index (Phi) is 4.76. The second-order valence-corrected chi connectivity index (χ2v) is 5.48. The van der Waals surface area contributed by atoms with Crippen molar-refractivity contribution in [1.82, 2.24) is 20.4 Å². The van der Waals surface area contributed by atoms with Crippen LogP contribution in [0.4, 0.5) is 22.5 Å². The third-order valence-corrected chi connectivity index (χ3v) is 3.68. The smallest absolute Gasteiger partial charge is 0.310 e. The number of hydrogen-bond donors (Lipinski definition) is 3. The van der Waals surface area contributed by atoms with Crippen LogP contribution < -0.4 is 16.2 Å². The second-order valence-electron chi connectivity index (χ2n) is 4.58. The molecule has 2 heterocycles. The lowest BCUT2D eigenvalue weighted by atomic mass is 10.2. The van der Waals surface area contributed by atoms with Gasteiger partial charge >= 0.3 is 5.69 Å². The van der Waals surface area contributed by atoms with Crippen LogP contribution in [0.2, 0.25) is 0 Å². The minimum Gasteiger partial charge on any atom is -0.310 e. The maximum atomic E-state index is 12.0. The summed E-state index contributed by atoms with van der Waals surface area (Å²) in [6.07, 6.45) is 2.69. The average molecular weight is 357 g/mol. The number of carbonyl (C=O) groups excluding carboxylic acids is 1. The number of hydrogen-bond acceptors (Lipinski definition) is 9. The molecule has 1 amide bonds. The Morgan fingerprint density at radius 2 is 1.88 bits per heavy atom. The van der Waals surface area contributed by atoms with Crippen molar-refractivity contribution in [3.8, 4) is 0 Å². The maximum Gasteiger partial charge on any atom is 0.355 e. The third kappa shape index (κ3) is 3.84. The van der Waals surface area contributed by atoms with Gasteiger partial charge in [0.25, 0.3) is 5.91 Å². The first-order valence-electron chi connectivity index (χ1n) is 6.92. The fourth-order valence-electron chi connectivity index (χ4n) is 1.90. The number of thiazole rings is 1. The van der Waals surface area contributed by atoms with E-state index in [2.05, 4.69) is 31.1 Å². The van der Waals surface area contributed by atoms with Crippen LogP contribution in [0.5, 0.6) is 0 Å². The van der Waals surface area contributed by atoms with E-state index < -0.39 is 16.5 Å². The summed E-state index contributed by atoms with van der Waals surface area (Å²) >= 11 is 1.26. The highest BCUT2D eigenvalue weighted by Crippen LogP contribution is 2.31. The van der Waals surface area contributed by atoms with Gasteiger partial charge in [-0.15, -0.1) is 11.3 Å². The molecule has 126 valence electrons. The quantitative estimate of drug-likeness (QED) is 0.452. The number of carbonyl (C=O) groups is 1. The molecule has 2 aromatic heterocycles. The monoisotopic (exact) mass is 357 g/mol. The summed E-state index contributed by atoms with van der Waals surface area (Å²) in [5.41, 5.74) is 4.82. The van der Waals surface area contributed by atoms with E-state index in [-0.39, 0.29) is 11.6 Å². The molecule has 0 atom stereocenters. The van der Waals surface area contributed by atoms with Gasteiger partial charge in [0.05, 0.1) is 4.92 Å². The number of aromatic nitrogens is 3. The summed E-state index contributed by atoms with van der Waals surface area (Å²) in [5, 5.41) is 16.3. The van der Waals surface area contributed by atoms with Crippen molar-refractivity contribution in [2.24, 2.45) is 0 Å². The zero-order valence-corrected chi connectivity index (χ0v) is 13.4. The van der Waals surface area contributed by atoms with E-state index in [1.54, 1.807) is 41.9 Å². The standard InChI is InChI=1S/C14H11N7O3S/c22-13(9-4-2-1-3-5-9)20-19-12-10(21(23)24)11(16-8-17-12)18-14-15-6-7-25-14/h1-8H,(H,20,22)(H2,15,16,17,18,19). The summed E-state index contributed by atoms with van der Waals surface area (Å²) in [6, 6.07) is 8.41. The van der Waals surface area contributed by atoms with Crippen LogP contribution >= 0.6 is 11.3 Å². The molecule has 0 spiro atoms. The first-order valence-corrected chi connectivity index (χ1v) is 7.80. The van der Waals surface area contributed by atoms with Gasteiger partial charge in [-0.1, -0.05) is 18.2 Å². The molecule has 3 N–H and O–H groups in total. The Morgan fingerprint density at radius 1 is 1.12 bits per heavy atom. The lowest BCUT2D eigenvalue weighted by molar-refractivity contribution is -0.383. The summed E-state index contributed by atoms with van der Waals surface area (Å²) in [5.74, 6) is -0.641. The molecular weight excluding hydrogens is 346 g/mol. The van der Waals surface area contributed by atoms with Gasteiger partial charge < -0.3 is 5.32 Å². The first-order chi connectivity index (χ1) is 12.1. The van der Waals surface area contributed by atoms with E-state index in [0.717, 1.165) is 6.33 Å². The van der Waals surface area contributed by atoms with Crippen molar-refractivity contribution in [3.63, 3.8) is 0 Å². The van der Waals surface area contributed by atoms with Crippen LogP contribution in [0.1, 0.15) is 10.4 Å². The Labute approximate surface area is 145 Å². The van der Waals surface area contributed by atoms with Crippen LogP contribution in [0.25, 0.3) is 0 Å². The number of amides is 1. The molecule has 11 heteroatoms. The molecule has 3 rings (SSSR count). The predicted molar refractivity (Wildman–Crippen MR) is 91.6 cm³/mol. The topological polar surface area (TPSA) is 135 Å². The van der Waals surface area contributed by atoms with Crippen molar-refractivity contribution in [1.29, 1.82) is 0 Å². The molecule has 0 aliphatic heterocycles. The van der Waals surface area contributed by atoms with Gasteiger partial charge in [-0.3, -0.25) is 25.8 Å². The zero-order chi connectivity index (χ0) is 17.6. The molecule has 0 bridgehead atoms. The number of rotatable bonds is 6. The predicted octanol–water partition coefficient (Wildman–Crippen LogP) is 2.34. The van der Waals surface area contributed by atoms with Crippen LogP contribution in [0.15, 0.2) is 48.2 Å². The minimum absolute atomic E-state index is 0.0357. The first kappa shape index (κ1) is 16.3. The number of nitro groups is 1. The highest BCUT2D eigenvalue weighted by atomic mass is 32.1. The SMILES string of the molecule is O=C(NNc1ncnc(Nc2nccs2)c1[N+](=O)[O-])c1ccccc1. The molecule has 0 fully saturated rings. The van der Waals surface area contributed by atoms with E-state index >= 15 is 0 Å². The van der Waals surface area contributed by atoms with Gasteiger partial charge in [-0.05, 0) is 12.1 Å². The Hall–Kier alpha value is -3.60. The molecule has 25 heavy (non-hydrogen) atoms. The highest BCUT2D eigenvalue weighted by Gasteiger charge is 2.24. The van der Waals surface area contributed by atoms with Gasteiger partial charge in [0.15, 0.2) is 5.13 Å². The van der Waals surface area contributed by atoms with Crippen molar-refractivity contribution < 1.29 is 9.72 Å². The normalized spacial score (nSPS) is 10.1. The molecule has 3 aromatic rings. The summed E-state index contributed by atoms with van der Waals surface area (Å²) in [7, 11) is 0. The Morgan fingerprint density at radius 3 is 2.56 bits per heavy atom. The van der Waals surface area contributed by atoms with E-state index in [1.807, 2.05) is 0 Å². The number of hydrazine groups is 1. The van der Waals surface area contributed by atoms with Gasteiger partial charge in [0.1, 0.15) is 6.33 Å². The fraction of sp³-hybridized carbons (Fsp3) is 0. The number of anilines is 3. The molecule has 0 aliphatic rings. The van der Waals surface area contributed by atoms with Crippen LogP contribution in [-0.4, -0.2) is 25.8 Å². The second kappa shape index (κ2) is 7.31. The fourth-order valence-corrected chi connectivity index (χ4v) is 2.43. The number of benzene rings is 1. The molecule has 10 nitrogen and oxygen atoms in total. The number of nitrogens with one attached hydrogen (secondary N) is 3. The third-order valence-electron chi connectivity index (χ3n) is 2.99. The van der Waals surface area contributed by atoms with Gasteiger partial charge in [-0.25, -0.2) is 15.0 Å². The average Bonchev–Trinajstić information content (AvgIpc) is 3.13. The molecule has 1 aromatic carbocycles. The molecule has 0 radical (unpaired) electrons. The van der Waals surface area contributed by atoms with Gasteiger partial charge in [0, 0.05) is 17.1 Å². The van der Waals surface area contributed by atoms with Crippen molar-refractivity contribution in [2.45, 2.75) is 0 Å².